The first-order valence-corrected chi connectivity index (χ1v) is 5.89. The molecule has 4 N–H and O–H groups in total. The lowest BCUT2D eigenvalue weighted by Crippen LogP contribution is -2.51. The van der Waals surface area contributed by atoms with Gasteiger partial charge >= 0.3 is 23.9 Å². The third-order valence-corrected chi connectivity index (χ3v) is 4.79. The highest BCUT2D eigenvalue weighted by atomic mass is 16.4. The molecule has 106 valence electrons. The molecule has 0 aromatic heterocycles. The lowest BCUT2D eigenvalue weighted by Gasteiger charge is -2.37. The van der Waals surface area contributed by atoms with Crippen LogP contribution >= 0.6 is 0 Å². The fourth-order valence-corrected chi connectivity index (χ4v) is 4.27. The molecule has 0 amide bonds. The summed E-state index contributed by atoms with van der Waals surface area (Å²) >= 11 is 0. The smallest absolute Gasteiger partial charge is 0.308 e. The van der Waals surface area contributed by atoms with Crippen LogP contribution in [0, 0.1) is 35.0 Å². The van der Waals surface area contributed by atoms with Gasteiger partial charge in [0.1, 0.15) is 0 Å². The van der Waals surface area contributed by atoms with Crippen LogP contribution in [0.1, 0.15) is 0 Å². The van der Waals surface area contributed by atoms with Gasteiger partial charge in [0.25, 0.3) is 0 Å². The molecule has 4 atom stereocenters. The van der Waals surface area contributed by atoms with Gasteiger partial charge in [-0.1, -0.05) is 11.6 Å². The monoisotopic (exact) mass is 282 g/mol. The molecule has 3 aliphatic rings. The van der Waals surface area contributed by atoms with E-state index in [9.17, 15) is 39.6 Å². The van der Waals surface area contributed by atoms with Crippen LogP contribution in [0.2, 0.25) is 0 Å². The topological polar surface area (TPSA) is 149 Å². The van der Waals surface area contributed by atoms with E-state index in [1.165, 1.54) is 6.08 Å². The minimum Gasteiger partial charge on any atom is -0.481 e. The molecule has 0 aliphatic heterocycles. The molecule has 0 saturated heterocycles. The summed E-state index contributed by atoms with van der Waals surface area (Å²) in [6.45, 7) is 0. The van der Waals surface area contributed by atoms with Crippen LogP contribution in [0.3, 0.4) is 0 Å². The lowest BCUT2D eigenvalue weighted by atomic mass is 9.62. The van der Waals surface area contributed by atoms with Gasteiger partial charge in [-0.15, -0.1) is 0 Å². The number of carboxylic acid groups (broad SMARTS) is 4. The first-order chi connectivity index (χ1) is 9.25. The van der Waals surface area contributed by atoms with Crippen LogP contribution in [-0.2, 0) is 19.2 Å². The zero-order chi connectivity index (χ0) is 15.0. The van der Waals surface area contributed by atoms with E-state index >= 15 is 0 Å². The molecule has 3 aliphatic carbocycles. The Bertz CT molecular complexity index is 563. The molecule has 0 aromatic carbocycles. The second-order valence-electron chi connectivity index (χ2n) is 5.42. The quantitative estimate of drug-likeness (QED) is 0.497. The molecule has 0 aromatic rings. The van der Waals surface area contributed by atoms with E-state index in [0.717, 1.165) is 0 Å². The van der Waals surface area contributed by atoms with Crippen molar-refractivity contribution in [2.24, 2.45) is 35.0 Å². The van der Waals surface area contributed by atoms with E-state index in [4.69, 9.17) is 0 Å². The number of rotatable bonds is 4. The predicted octanol–water partition coefficient (Wildman–Crippen LogP) is -0.641. The molecule has 8 nitrogen and oxygen atoms in total. The fraction of sp³-hybridized carbons (Fsp3) is 0.500. The Morgan fingerprint density at radius 1 is 0.800 bits per heavy atom. The maximum Gasteiger partial charge on any atom is 0.308 e. The molecule has 0 heterocycles. The SMILES string of the molecule is O=C(O)C1C2C3=CC3(C1C(=O)O)C(C(=O)O)C2C(=O)O. The van der Waals surface area contributed by atoms with Crippen molar-refractivity contribution in [1.82, 2.24) is 0 Å². The van der Waals surface area contributed by atoms with Crippen LogP contribution in [0.5, 0.6) is 0 Å². The van der Waals surface area contributed by atoms with Crippen molar-refractivity contribution >= 4 is 23.9 Å². The molecule has 20 heavy (non-hydrogen) atoms. The van der Waals surface area contributed by atoms with Crippen LogP contribution in [0.25, 0.3) is 0 Å². The highest BCUT2D eigenvalue weighted by Crippen LogP contribution is 2.77. The Labute approximate surface area is 111 Å². The van der Waals surface area contributed by atoms with Crippen LogP contribution in [0.15, 0.2) is 11.6 Å². The summed E-state index contributed by atoms with van der Waals surface area (Å²) in [6, 6.07) is 0. The normalized spacial score (nSPS) is 43.6. The molecular formula is C12H10O8. The molecule has 3 rings (SSSR count). The van der Waals surface area contributed by atoms with Gasteiger partial charge in [0.05, 0.1) is 23.7 Å². The van der Waals surface area contributed by atoms with Gasteiger partial charge in [-0.3, -0.25) is 19.2 Å². The van der Waals surface area contributed by atoms with Gasteiger partial charge in [0, 0.05) is 11.3 Å². The molecule has 4 unspecified atom stereocenters. The van der Waals surface area contributed by atoms with Crippen LogP contribution < -0.4 is 0 Å². The molecular weight excluding hydrogens is 272 g/mol. The zero-order valence-corrected chi connectivity index (χ0v) is 9.89. The number of carbonyl (C=O) groups is 4. The number of aliphatic carboxylic acids is 4. The Hall–Kier alpha value is -2.38. The lowest BCUT2D eigenvalue weighted by molar-refractivity contribution is -0.172. The fourth-order valence-electron chi connectivity index (χ4n) is 4.27. The number of allylic oxidation sites excluding steroid dienone is 2. The van der Waals surface area contributed by atoms with E-state index in [1.54, 1.807) is 0 Å². The summed E-state index contributed by atoms with van der Waals surface area (Å²) in [5.41, 5.74) is -1.04. The van der Waals surface area contributed by atoms with Gasteiger partial charge in [-0.2, -0.15) is 0 Å². The van der Waals surface area contributed by atoms with Crippen molar-refractivity contribution in [2.75, 3.05) is 0 Å². The van der Waals surface area contributed by atoms with Crippen molar-refractivity contribution in [3.63, 3.8) is 0 Å². The average molecular weight is 282 g/mol. The highest BCUT2D eigenvalue weighted by Gasteiger charge is 2.81. The predicted molar refractivity (Wildman–Crippen MR) is 58.5 cm³/mol. The summed E-state index contributed by atoms with van der Waals surface area (Å²) in [7, 11) is 0. The Balaban J connectivity index is 2.14. The van der Waals surface area contributed by atoms with Crippen molar-refractivity contribution in [3.05, 3.63) is 11.6 Å². The van der Waals surface area contributed by atoms with Crippen molar-refractivity contribution < 1.29 is 39.6 Å². The van der Waals surface area contributed by atoms with Gasteiger partial charge in [-0.25, -0.2) is 0 Å². The van der Waals surface area contributed by atoms with E-state index in [1.807, 2.05) is 0 Å². The minimum atomic E-state index is -1.41. The van der Waals surface area contributed by atoms with E-state index in [2.05, 4.69) is 0 Å². The Kier molecular flexibility index (Phi) is 2.14. The van der Waals surface area contributed by atoms with Gasteiger partial charge < -0.3 is 20.4 Å². The van der Waals surface area contributed by atoms with Gasteiger partial charge in [0.2, 0.25) is 0 Å². The second-order valence-corrected chi connectivity index (χ2v) is 5.42. The summed E-state index contributed by atoms with van der Waals surface area (Å²) in [4.78, 5) is 45.3. The number of hydrogen-bond acceptors (Lipinski definition) is 4. The van der Waals surface area contributed by atoms with E-state index in [0.29, 0.717) is 5.57 Å². The molecule has 0 radical (unpaired) electrons. The first kappa shape index (κ1) is 12.6. The molecule has 0 spiro atoms. The maximum absolute atomic E-state index is 11.3. The average Bonchev–Trinajstić information content (AvgIpc) is 2.86. The molecule has 2 bridgehead atoms. The first-order valence-electron chi connectivity index (χ1n) is 5.89. The van der Waals surface area contributed by atoms with Gasteiger partial charge in [-0.05, 0) is 0 Å². The highest BCUT2D eigenvalue weighted by molar-refractivity contribution is 5.95. The van der Waals surface area contributed by atoms with Crippen molar-refractivity contribution in [3.8, 4) is 0 Å². The summed E-state index contributed by atoms with van der Waals surface area (Å²) < 4.78 is 0. The Morgan fingerprint density at radius 3 is 1.50 bits per heavy atom. The minimum absolute atomic E-state index is 0.372. The largest absolute Gasteiger partial charge is 0.481 e. The van der Waals surface area contributed by atoms with Crippen LogP contribution in [0.4, 0.5) is 0 Å². The third-order valence-electron chi connectivity index (χ3n) is 4.79. The van der Waals surface area contributed by atoms with Gasteiger partial charge in [0.15, 0.2) is 0 Å². The summed E-state index contributed by atoms with van der Waals surface area (Å²) in [5.74, 6) is -12.2. The standard InChI is InChI=1S/C12H10O8/c13-8(14)4-3-2-1-12(2,6(4)10(17)18)7(11(19)20)5(3)9(15)16/h1,3-7H,(H,13,14)(H,15,16)(H,17,18)(H,19,20). The third kappa shape index (κ3) is 1.12. The molecule has 8 heteroatoms. The van der Waals surface area contributed by atoms with E-state index < -0.39 is 58.9 Å². The summed E-state index contributed by atoms with van der Waals surface area (Å²) in [5, 5.41) is 36.8. The Morgan fingerprint density at radius 2 is 1.20 bits per heavy atom. The zero-order valence-electron chi connectivity index (χ0n) is 9.89. The summed E-state index contributed by atoms with van der Waals surface area (Å²) in [6.07, 6.45) is 1.42. The van der Waals surface area contributed by atoms with Crippen LogP contribution in [-0.4, -0.2) is 44.3 Å². The van der Waals surface area contributed by atoms with E-state index in [-0.39, 0.29) is 0 Å². The maximum atomic E-state index is 11.3. The van der Waals surface area contributed by atoms with Crippen molar-refractivity contribution in [1.29, 1.82) is 0 Å². The van der Waals surface area contributed by atoms with Crippen molar-refractivity contribution in [2.45, 2.75) is 0 Å². The molecule has 2 saturated carbocycles. The number of carboxylic acids is 4. The molecule has 2 fully saturated rings. The second kappa shape index (κ2) is 3.38. The number of hydrogen-bond donors (Lipinski definition) is 4.